The summed E-state index contributed by atoms with van der Waals surface area (Å²) in [5.74, 6) is 0.700. The highest BCUT2D eigenvalue weighted by molar-refractivity contribution is 7.80. The van der Waals surface area contributed by atoms with Gasteiger partial charge in [-0.1, -0.05) is 78.3 Å². The highest BCUT2D eigenvalue weighted by atomic mass is 32.1. The maximum Gasteiger partial charge on any atom is 0.258 e. The Morgan fingerprint density at radius 1 is 0.944 bits per heavy atom. The molecule has 1 aliphatic heterocycles. The van der Waals surface area contributed by atoms with Gasteiger partial charge in [0.2, 0.25) is 5.82 Å². The van der Waals surface area contributed by atoms with Gasteiger partial charge >= 0.3 is 0 Å². The fourth-order valence-electron chi connectivity index (χ4n) is 4.37. The van der Waals surface area contributed by atoms with Gasteiger partial charge in [-0.3, -0.25) is 0 Å². The van der Waals surface area contributed by atoms with Crippen LogP contribution in [0.3, 0.4) is 0 Å². The van der Waals surface area contributed by atoms with Crippen LogP contribution in [-0.2, 0) is 13.0 Å². The Labute approximate surface area is 215 Å². The minimum absolute atomic E-state index is 0.251. The van der Waals surface area contributed by atoms with Crippen LogP contribution in [0.25, 0.3) is 17.0 Å². The third-order valence-corrected chi connectivity index (χ3v) is 6.88. The fourth-order valence-corrected chi connectivity index (χ4v) is 4.69. The summed E-state index contributed by atoms with van der Waals surface area (Å²) in [6, 6.07) is 22.7. The molecule has 1 atom stereocenters. The van der Waals surface area contributed by atoms with Crippen molar-refractivity contribution in [2.45, 2.75) is 39.8 Å². The number of nitrogens with one attached hydrogen (secondary N) is 1. The largest absolute Gasteiger partial charge is 0.351 e. The van der Waals surface area contributed by atoms with E-state index in [1.807, 2.05) is 43.0 Å². The number of hydrogen-bond acceptors (Lipinski definition) is 4. The summed E-state index contributed by atoms with van der Waals surface area (Å²) in [6.07, 6.45) is 0.966. The summed E-state index contributed by atoms with van der Waals surface area (Å²) < 4.78 is 19.3. The molecule has 0 amide bonds. The summed E-state index contributed by atoms with van der Waals surface area (Å²) in [5, 5.41) is 8.35. The molecular formula is C29H27FN4OS. The van der Waals surface area contributed by atoms with E-state index in [-0.39, 0.29) is 11.9 Å². The third-order valence-electron chi connectivity index (χ3n) is 6.54. The molecule has 0 radical (unpaired) electrons. The molecule has 1 unspecified atom stereocenters. The van der Waals surface area contributed by atoms with Gasteiger partial charge in [-0.05, 0) is 61.3 Å². The second-order valence-corrected chi connectivity index (χ2v) is 9.37. The van der Waals surface area contributed by atoms with Gasteiger partial charge < -0.3 is 14.7 Å². The second kappa shape index (κ2) is 10.0. The average Bonchev–Trinajstić information content (AvgIpc) is 3.37. The van der Waals surface area contributed by atoms with Gasteiger partial charge in [-0.15, -0.1) is 0 Å². The summed E-state index contributed by atoms with van der Waals surface area (Å²) in [7, 11) is 0. The molecule has 2 heterocycles. The molecule has 3 aromatic carbocycles. The van der Waals surface area contributed by atoms with Crippen molar-refractivity contribution in [1.82, 2.24) is 20.4 Å². The van der Waals surface area contributed by atoms with Crippen molar-refractivity contribution < 1.29 is 8.91 Å². The lowest BCUT2D eigenvalue weighted by molar-refractivity contribution is 0.396. The van der Waals surface area contributed by atoms with E-state index in [0.29, 0.717) is 23.4 Å². The number of benzene rings is 3. The molecule has 0 fully saturated rings. The van der Waals surface area contributed by atoms with E-state index < -0.39 is 0 Å². The molecule has 0 bridgehead atoms. The monoisotopic (exact) mass is 498 g/mol. The lowest BCUT2D eigenvalue weighted by atomic mass is 9.93. The topological polar surface area (TPSA) is 54.2 Å². The van der Waals surface area contributed by atoms with E-state index in [4.69, 9.17) is 21.7 Å². The summed E-state index contributed by atoms with van der Waals surface area (Å²) >= 11 is 5.79. The number of aryl methyl sites for hydroxylation is 2. The SMILES string of the molecule is CCc1ccc(C2NC(=S)N(Cc3ccc(F)cc3)C(C)=C2c2nc(-c3ccc(C)cc3)no2)cc1. The quantitative estimate of drug-likeness (QED) is 0.302. The van der Waals surface area contributed by atoms with Crippen molar-refractivity contribution in [3.8, 4) is 11.4 Å². The number of nitrogens with zero attached hydrogens (tertiary/aromatic N) is 3. The van der Waals surface area contributed by atoms with Crippen LogP contribution in [0.5, 0.6) is 0 Å². The molecule has 182 valence electrons. The Balaban J connectivity index is 1.58. The minimum atomic E-state index is -0.267. The molecule has 0 aliphatic carbocycles. The Morgan fingerprint density at radius 2 is 1.61 bits per heavy atom. The lowest BCUT2D eigenvalue weighted by Gasteiger charge is -2.37. The molecule has 36 heavy (non-hydrogen) atoms. The highest BCUT2D eigenvalue weighted by Gasteiger charge is 2.34. The molecule has 4 aromatic rings. The van der Waals surface area contributed by atoms with E-state index in [0.717, 1.165) is 39.9 Å². The van der Waals surface area contributed by atoms with Crippen LogP contribution in [0, 0.1) is 12.7 Å². The van der Waals surface area contributed by atoms with Crippen LogP contribution >= 0.6 is 12.2 Å². The van der Waals surface area contributed by atoms with Crippen molar-refractivity contribution in [3.63, 3.8) is 0 Å². The predicted octanol–water partition coefficient (Wildman–Crippen LogP) is 6.61. The molecule has 5 rings (SSSR count). The summed E-state index contributed by atoms with van der Waals surface area (Å²) in [6.45, 7) is 6.67. The van der Waals surface area contributed by atoms with E-state index in [1.54, 1.807) is 12.1 Å². The normalized spacial score (nSPS) is 15.8. The number of hydrogen-bond donors (Lipinski definition) is 1. The number of allylic oxidation sites excluding steroid dienone is 1. The third kappa shape index (κ3) is 4.79. The van der Waals surface area contributed by atoms with E-state index in [1.165, 1.54) is 17.7 Å². The van der Waals surface area contributed by atoms with Gasteiger partial charge in [0.15, 0.2) is 5.11 Å². The van der Waals surface area contributed by atoms with Gasteiger partial charge in [-0.2, -0.15) is 4.98 Å². The molecule has 7 heteroatoms. The van der Waals surface area contributed by atoms with Crippen LogP contribution < -0.4 is 5.32 Å². The van der Waals surface area contributed by atoms with E-state index >= 15 is 0 Å². The zero-order valence-corrected chi connectivity index (χ0v) is 21.3. The summed E-state index contributed by atoms with van der Waals surface area (Å²) in [4.78, 5) is 6.77. The zero-order valence-electron chi connectivity index (χ0n) is 20.5. The second-order valence-electron chi connectivity index (χ2n) is 8.98. The Morgan fingerprint density at radius 3 is 2.28 bits per heavy atom. The Hall–Kier alpha value is -3.84. The maximum atomic E-state index is 13.5. The van der Waals surface area contributed by atoms with E-state index in [2.05, 4.69) is 41.7 Å². The molecule has 1 aromatic heterocycles. The molecule has 0 saturated carbocycles. The first-order valence-electron chi connectivity index (χ1n) is 12.0. The Kier molecular flexibility index (Phi) is 6.65. The van der Waals surface area contributed by atoms with Crippen LogP contribution in [0.4, 0.5) is 4.39 Å². The molecule has 1 aliphatic rings. The minimum Gasteiger partial charge on any atom is -0.351 e. The van der Waals surface area contributed by atoms with Crippen molar-refractivity contribution in [3.05, 3.63) is 112 Å². The van der Waals surface area contributed by atoms with Crippen molar-refractivity contribution >= 4 is 22.9 Å². The maximum absolute atomic E-state index is 13.5. The molecule has 5 nitrogen and oxygen atoms in total. The van der Waals surface area contributed by atoms with Gasteiger partial charge in [0.1, 0.15) is 5.82 Å². The van der Waals surface area contributed by atoms with Crippen LogP contribution in [0.15, 0.2) is 83.0 Å². The van der Waals surface area contributed by atoms with Gasteiger partial charge in [0.25, 0.3) is 5.89 Å². The first-order chi connectivity index (χ1) is 17.4. The Bertz CT molecular complexity index is 1410. The number of aromatic nitrogens is 2. The lowest BCUT2D eigenvalue weighted by Crippen LogP contribution is -2.45. The first-order valence-corrected chi connectivity index (χ1v) is 12.4. The number of rotatable bonds is 6. The van der Waals surface area contributed by atoms with Crippen molar-refractivity contribution in [2.75, 3.05) is 0 Å². The van der Waals surface area contributed by atoms with Crippen LogP contribution in [0.2, 0.25) is 0 Å². The molecule has 0 saturated heterocycles. The van der Waals surface area contributed by atoms with Crippen molar-refractivity contribution in [2.24, 2.45) is 0 Å². The predicted molar refractivity (Wildman–Crippen MR) is 143 cm³/mol. The van der Waals surface area contributed by atoms with Gasteiger partial charge in [0.05, 0.1) is 11.6 Å². The highest BCUT2D eigenvalue weighted by Crippen LogP contribution is 2.38. The van der Waals surface area contributed by atoms with Gasteiger partial charge in [0, 0.05) is 17.8 Å². The van der Waals surface area contributed by atoms with Crippen molar-refractivity contribution in [1.29, 1.82) is 0 Å². The van der Waals surface area contributed by atoms with E-state index in [9.17, 15) is 4.39 Å². The number of thiocarbonyl (C=S) groups is 1. The van der Waals surface area contributed by atoms with Gasteiger partial charge in [-0.25, -0.2) is 4.39 Å². The standard InChI is InChI=1S/C29H27FN4OS/c1-4-20-7-13-22(14-8-20)26-25(28-32-27(33-35-28)23-11-5-18(2)6-12-23)19(3)34(29(36)31-26)17-21-9-15-24(30)16-10-21/h5-16,26H,4,17H2,1-3H3,(H,31,36). The molecule has 1 N–H and O–H groups in total. The summed E-state index contributed by atoms with van der Waals surface area (Å²) in [5.41, 5.74) is 7.08. The average molecular weight is 499 g/mol. The van der Waals surface area contributed by atoms with Crippen LogP contribution in [-0.4, -0.2) is 20.2 Å². The zero-order chi connectivity index (χ0) is 25.2. The fraction of sp³-hybridized carbons (Fsp3) is 0.207. The first kappa shape index (κ1) is 23.9. The smallest absolute Gasteiger partial charge is 0.258 e. The molecular weight excluding hydrogens is 471 g/mol. The number of halogens is 1. The van der Waals surface area contributed by atoms with Crippen LogP contribution in [0.1, 0.15) is 48.0 Å². The molecule has 0 spiro atoms.